The van der Waals surface area contributed by atoms with Crippen LogP contribution in [0.4, 0.5) is 0 Å². The topological polar surface area (TPSA) is 42.7 Å². The van der Waals surface area contributed by atoms with Gasteiger partial charge in [0, 0.05) is 18.5 Å². The van der Waals surface area contributed by atoms with Gasteiger partial charge >= 0.3 is 0 Å². The molecule has 0 aliphatic heterocycles. The first-order valence-electron chi connectivity index (χ1n) is 6.84. The highest BCUT2D eigenvalue weighted by atomic mass is 15.3. The summed E-state index contributed by atoms with van der Waals surface area (Å²) in [6, 6.07) is 0.978. The van der Waals surface area contributed by atoms with Gasteiger partial charge in [-0.25, -0.2) is 9.67 Å². The Morgan fingerprint density at radius 2 is 2.24 bits per heavy atom. The number of likely N-dealkylation sites (N-methyl/N-ethyl adjacent to an activating group) is 1. The molecule has 1 aromatic heterocycles. The van der Waals surface area contributed by atoms with E-state index in [4.69, 9.17) is 0 Å². The van der Waals surface area contributed by atoms with E-state index < -0.39 is 0 Å². The minimum absolute atomic E-state index is 0.399. The van der Waals surface area contributed by atoms with Crippen molar-refractivity contribution in [2.24, 2.45) is 5.92 Å². The van der Waals surface area contributed by atoms with Crippen molar-refractivity contribution in [2.75, 3.05) is 6.54 Å². The molecule has 0 bridgehead atoms. The molecule has 1 aliphatic rings. The van der Waals surface area contributed by atoms with E-state index in [1.54, 1.807) is 6.33 Å². The molecule has 1 aromatic rings. The Bertz CT molecular complexity index is 341. The van der Waals surface area contributed by atoms with Gasteiger partial charge in [-0.1, -0.05) is 13.3 Å². The molecule has 0 amide bonds. The number of nitrogens with zero attached hydrogens (tertiary/aromatic N) is 3. The Morgan fingerprint density at radius 1 is 1.47 bits per heavy atom. The SMILES string of the molecule is CCNC(Cc1ncnn1C(C)C)C1CCC1. The second-order valence-corrected chi connectivity index (χ2v) is 5.27. The van der Waals surface area contributed by atoms with E-state index >= 15 is 0 Å². The molecule has 0 radical (unpaired) electrons. The zero-order chi connectivity index (χ0) is 12.3. The number of hydrogen-bond donors (Lipinski definition) is 1. The lowest BCUT2D eigenvalue weighted by molar-refractivity contribution is 0.225. The van der Waals surface area contributed by atoms with Crippen molar-refractivity contribution in [1.82, 2.24) is 20.1 Å². The van der Waals surface area contributed by atoms with E-state index in [1.165, 1.54) is 19.3 Å². The highest BCUT2D eigenvalue weighted by molar-refractivity contribution is 4.95. The highest BCUT2D eigenvalue weighted by Crippen LogP contribution is 2.31. The predicted molar refractivity (Wildman–Crippen MR) is 68.9 cm³/mol. The normalized spacial score (nSPS) is 18.4. The van der Waals surface area contributed by atoms with Crippen LogP contribution < -0.4 is 5.32 Å². The first kappa shape index (κ1) is 12.6. The van der Waals surface area contributed by atoms with Crippen LogP contribution in [0.3, 0.4) is 0 Å². The second kappa shape index (κ2) is 5.63. The smallest absolute Gasteiger partial charge is 0.138 e. The molecule has 1 fully saturated rings. The van der Waals surface area contributed by atoms with Crippen molar-refractivity contribution in [3.63, 3.8) is 0 Å². The van der Waals surface area contributed by atoms with Gasteiger partial charge in [-0.15, -0.1) is 0 Å². The maximum absolute atomic E-state index is 4.41. The van der Waals surface area contributed by atoms with Crippen molar-refractivity contribution in [1.29, 1.82) is 0 Å². The molecule has 1 N–H and O–H groups in total. The molecule has 4 nitrogen and oxygen atoms in total. The van der Waals surface area contributed by atoms with E-state index in [0.29, 0.717) is 12.1 Å². The van der Waals surface area contributed by atoms with Gasteiger partial charge in [-0.2, -0.15) is 5.10 Å². The van der Waals surface area contributed by atoms with Gasteiger partial charge in [0.25, 0.3) is 0 Å². The summed E-state index contributed by atoms with van der Waals surface area (Å²) < 4.78 is 2.04. The summed E-state index contributed by atoms with van der Waals surface area (Å²) in [7, 11) is 0. The van der Waals surface area contributed by atoms with Crippen molar-refractivity contribution in [2.45, 2.75) is 58.5 Å². The summed E-state index contributed by atoms with van der Waals surface area (Å²) in [6.45, 7) is 7.53. The number of aromatic nitrogens is 3. The molecule has 0 aromatic carbocycles. The lowest BCUT2D eigenvalue weighted by atomic mass is 9.78. The largest absolute Gasteiger partial charge is 0.314 e. The fourth-order valence-corrected chi connectivity index (χ4v) is 2.56. The van der Waals surface area contributed by atoms with Crippen molar-refractivity contribution >= 4 is 0 Å². The molecule has 1 aliphatic carbocycles. The second-order valence-electron chi connectivity index (χ2n) is 5.27. The summed E-state index contributed by atoms with van der Waals surface area (Å²) in [6.07, 6.45) is 6.82. The molecule has 1 heterocycles. The molecule has 17 heavy (non-hydrogen) atoms. The lowest BCUT2D eigenvalue weighted by Gasteiger charge is -2.34. The molecular weight excluding hydrogens is 212 g/mol. The lowest BCUT2D eigenvalue weighted by Crippen LogP contribution is -2.41. The van der Waals surface area contributed by atoms with Crippen molar-refractivity contribution < 1.29 is 0 Å². The third-order valence-corrected chi connectivity index (χ3v) is 3.72. The van der Waals surface area contributed by atoms with Crippen LogP contribution in [0.15, 0.2) is 6.33 Å². The van der Waals surface area contributed by atoms with Gasteiger partial charge in [-0.3, -0.25) is 0 Å². The third kappa shape index (κ3) is 2.86. The third-order valence-electron chi connectivity index (χ3n) is 3.72. The Labute approximate surface area is 104 Å². The summed E-state index contributed by atoms with van der Waals surface area (Å²) in [5.41, 5.74) is 0. The van der Waals surface area contributed by atoms with Crippen LogP contribution in [-0.4, -0.2) is 27.4 Å². The van der Waals surface area contributed by atoms with Crippen LogP contribution in [0, 0.1) is 5.92 Å². The highest BCUT2D eigenvalue weighted by Gasteiger charge is 2.28. The Morgan fingerprint density at radius 3 is 2.76 bits per heavy atom. The molecule has 4 heteroatoms. The monoisotopic (exact) mass is 236 g/mol. The van der Waals surface area contributed by atoms with Gasteiger partial charge in [0.2, 0.25) is 0 Å². The zero-order valence-corrected chi connectivity index (χ0v) is 11.2. The van der Waals surface area contributed by atoms with Crippen LogP contribution in [0.1, 0.15) is 51.9 Å². The zero-order valence-electron chi connectivity index (χ0n) is 11.2. The summed E-state index contributed by atoms with van der Waals surface area (Å²) >= 11 is 0. The van der Waals surface area contributed by atoms with Crippen molar-refractivity contribution in [3.05, 3.63) is 12.2 Å². The molecule has 2 rings (SSSR count). The molecule has 1 unspecified atom stereocenters. The quantitative estimate of drug-likeness (QED) is 0.823. The van der Waals surface area contributed by atoms with E-state index in [-0.39, 0.29) is 0 Å². The van der Waals surface area contributed by atoms with Crippen LogP contribution in [0.5, 0.6) is 0 Å². The molecule has 0 spiro atoms. The number of hydrogen-bond acceptors (Lipinski definition) is 3. The fraction of sp³-hybridized carbons (Fsp3) is 0.846. The van der Waals surface area contributed by atoms with Crippen molar-refractivity contribution in [3.8, 4) is 0 Å². The fourth-order valence-electron chi connectivity index (χ4n) is 2.56. The van der Waals surface area contributed by atoms with E-state index in [0.717, 1.165) is 24.7 Å². The molecule has 1 atom stereocenters. The van der Waals surface area contributed by atoms with Gasteiger partial charge in [0.1, 0.15) is 12.2 Å². The minimum Gasteiger partial charge on any atom is -0.314 e. The van der Waals surface area contributed by atoms with E-state index in [9.17, 15) is 0 Å². The Balaban J connectivity index is 2.03. The first-order chi connectivity index (χ1) is 8.22. The van der Waals surface area contributed by atoms with Gasteiger partial charge in [0.05, 0.1) is 0 Å². The maximum atomic E-state index is 4.41. The van der Waals surface area contributed by atoms with Crippen LogP contribution in [-0.2, 0) is 6.42 Å². The van der Waals surface area contributed by atoms with E-state index in [1.807, 2.05) is 4.68 Å². The summed E-state index contributed by atoms with van der Waals surface area (Å²) in [4.78, 5) is 4.41. The maximum Gasteiger partial charge on any atom is 0.138 e. The van der Waals surface area contributed by atoms with Crippen LogP contribution >= 0.6 is 0 Å². The van der Waals surface area contributed by atoms with Crippen LogP contribution in [0.2, 0.25) is 0 Å². The van der Waals surface area contributed by atoms with Crippen LogP contribution in [0.25, 0.3) is 0 Å². The summed E-state index contributed by atoms with van der Waals surface area (Å²) in [5.74, 6) is 1.96. The predicted octanol–water partition coefficient (Wildman–Crippen LogP) is 2.18. The first-order valence-corrected chi connectivity index (χ1v) is 6.84. The van der Waals surface area contributed by atoms with Gasteiger partial charge < -0.3 is 5.32 Å². The van der Waals surface area contributed by atoms with Gasteiger partial charge in [-0.05, 0) is 39.2 Å². The Hall–Kier alpha value is -0.900. The number of rotatable bonds is 6. The van der Waals surface area contributed by atoms with Gasteiger partial charge in [0.15, 0.2) is 0 Å². The minimum atomic E-state index is 0.399. The molecule has 1 saturated carbocycles. The molecule has 0 saturated heterocycles. The average molecular weight is 236 g/mol. The molecule has 96 valence electrons. The summed E-state index contributed by atoms with van der Waals surface area (Å²) in [5, 5.41) is 7.92. The molecular formula is C13H24N4. The van der Waals surface area contributed by atoms with E-state index in [2.05, 4.69) is 36.2 Å². The number of nitrogens with one attached hydrogen (secondary N) is 1. The standard InChI is InChI=1S/C13H24N4/c1-4-14-12(11-6-5-7-11)8-13-15-9-16-17(13)10(2)3/h9-12,14H,4-8H2,1-3H3. The Kier molecular flexibility index (Phi) is 4.15. The average Bonchev–Trinajstić information content (AvgIpc) is 2.63.